The molecule has 106 valence electrons. The maximum Gasteiger partial charge on any atom is 0.0833 e. The summed E-state index contributed by atoms with van der Waals surface area (Å²) in [6.07, 6.45) is 8.02. The van der Waals surface area contributed by atoms with Crippen LogP contribution < -0.4 is 5.32 Å². The summed E-state index contributed by atoms with van der Waals surface area (Å²) in [5.41, 5.74) is 0.150. The van der Waals surface area contributed by atoms with Crippen molar-refractivity contribution in [3.63, 3.8) is 0 Å². The Bertz CT molecular complexity index is 246. The molecule has 0 heterocycles. The number of hydrogen-bond acceptors (Lipinski definition) is 2. The molecule has 2 heteroatoms. The molecule has 18 heavy (non-hydrogen) atoms. The van der Waals surface area contributed by atoms with Crippen molar-refractivity contribution in [2.45, 2.75) is 70.9 Å². The van der Waals surface area contributed by atoms with Gasteiger partial charge in [-0.25, -0.2) is 0 Å². The van der Waals surface area contributed by atoms with Gasteiger partial charge in [-0.1, -0.05) is 20.8 Å². The van der Waals surface area contributed by atoms with E-state index >= 15 is 0 Å². The maximum atomic E-state index is 5.95. The number of rotatable bonds is 5. The predicted octanol–water partition coefficient (Wildman–Crippen LogP) is 3.61. The average Bonchev–Trinajstić information content (AvgIpc) is 2.25. The number of nitrogens with one attached hydrogen (secondary N) is 1. The Morgan fingerprint density at radius 3 is 2.17 bits per heavy atom. The molecule has 3 unspecified atom stereocenters. The second-order valence-electron chi connectivity index (χ2n) is 6.84. The number of likely N-dealkylation sites (N-methyl/N-ethyl adjacent to an activating group) is 1. The lowest BCUT2D eigenvalue weighted by molar-refractivity contribution is -0.117. The molecular weight excluding hydrogens is 222 g/mol. The molecule has 1 N–H and O–H groups in total. The molecule has 0 amide bonds. The van der Waals surface area contributed by atoms with Gasteiger partial charge in [-0.2, -0.15) is 0 Å². The van der Waals surface area contributed by atoms with Crippen molar-refractivity contribution >= 4 is 0 Å². The van der Waals surface area contributed by atoms with Crippen LogP contribution in [-0.2, 0) is 4.74 Å². The summed E-state index contributed by atoms with van der Waals surface area (Å²) in [6.45, 7) is 8.14. The highest BCUT2D eigenvalue weighted by Crippen LogP contribution is 2.45. The second-order valence-corrected chi connectivity index (χ2v) is 6.84. The van der Waals surface area contributed by atoms with Crippen molar-refractivity contribution < 1.29 is 4.74 Å². The Kier molecular flexibility index (Phi) is 4.71. The molecule has 3 atom stereocenters. The minimum absolute atomic E-state index is 0.150. The van der Waals surface area contributed by atoms with E-state index in [2.05, 4.69) is 26.1 Å². The monoisotopic (exact) mass is 253 g/mol. The Morgan fingerprint density at radius 2 is 1.78 bits per heavy atom. The van der Waals surface area contributed by atoms with E-state index in [-0.39, 0.29) is 5.60 Å². The molecule has 0 saturated heterocycles. The molecule has 0 aromatic rings. The van der Waals surface area contributed by atoms with Crippen LogP contribution in [0.2, 0.25) is 0 Å². The average molecular weight is 253 g/mol. The predicted molar refractivity (Wildman–Crippen MR) is 76.7 cm³/mol. The third kappa shape index (κ3) is 2.75. The van der Waals surface area contributed by atoms with Gasteiger partial charge in [0.2, 0.25) is 0 Å². The molecule has 2 aliphatic rings. The van der Waals surface area contributed by atoms with Gasteiger partial charge in [-0.05, 0) is 62.8 Å². The van der Waals surface area contributed by atoms with Gasteiger partial charge in [0.05, 0.1) is 5.60 Å². The third-order valence-corrected chi connectivity index (χ3v) is 5.28. The van der Waals surface area contributed by atoms with Crippen LogP contribution >= 0.6 is 0 Å². The molecule has 0 bridgehead atoms. The highest BCUT2D eigenvalue weighted by Gasteiger charge is 2.48. The molecule has 0 radical (unpaired) electrons. The summed E-state index contributed by atoms with van der Waals surface area (Å²) in [6, 6.07) is 0.575. The van der Waals surface area contributed by atoms with E-state index < -0.39 is 0 Å². The fourth-order valence-electron chi connectivity index (χ4n) is 4.45. The first-order valence-corrected chi connectivity index (χ1v) is 7.90. The first-order valence-electron chi connectivity index (χ1n) is 7.90. The summed E-state index contributed by atoms with van der Waals surface area (Å²) in [7, 11) is 1.92. The molecule has 0 aliphatic heterocycles. The fraction of sp³-hybridized carbons (Fsp3) is 1.00. The van der Waals surface area contributed by atoms with Gasteiger partial charge >= 0.3 is 0 Å². The van der Waals surface area contributed by atoms with Crippen LogP contribution in [0.3, 0.4) is 0 Å². The van der Waals surface area contributed by atoms with Crippen molar-refractivity contribution in [3.8, 4) is 0 Å². The molecule has 2 rings (SSSR count). The highest BCUT2D eigenvalue weighted by molar-refractivity contribution is 5.03. The van der Waals surface area contributed by atoms with Crippen LogP contribution in [-0.4, -0.2) is 25.3 Å². The molecule has 2 nitrogen and oxygen atoms in total. The quantitative estimate of drug-likeness (QED) is 0.808. The first kappa shape index (κ1) is 14.3. The minimum atomic E-state index is 0.150. The normalized spacial score (nSPS) is 37.0. The summed E-state index contributed by atoms with van der Waals surface area (Å²) < 4.78 is 5.95. The van der Waals surface area contributed by atoms with E-state index in [0.717, 1.165) is 24.3 Å². The van der Waals surface area contributed by atoms with Crippen LogP contribution in [0.15, 0.2) is 0 Å². The molecular formula is C16H31NO. The van der Waals surface area contributed by atoms with Crippen molar-refractivity contribution in [1.82, 2.24) is 5.32 Å². The second kappa shape index (κ2) is 5.92. The molecule has 0 aromatic carbocycles. The standard InChI is InChI=1S/C16H31NO/c1-5-17-15(16(18-4)7-6-8-16)14-10-12(2)9-13(3)11-14/h12-15,17H,5-11H2,1-4H3. The largest absolute Gasteiger partial charge is 0.377 e. The van der Waals surface area contributed by atoms with Crippen LogP contribution in [0.5, 0.6) is 0 Å². The van der Waals surface area contributed by atoms with Crippen molar-refractivity contribution in [2.75, 3.05) is 13.7 Å². The van der Waals surface area contributed by atoms with E-state index in [1.54, 1.807) is 0 Å². The SMILES string of the molecule is CCNC(C1CC(C)CC(C)C1)C1(OC)CCC1. The van der Waals surface area contributed by atoms with Gasteiger partial charge in [0.15, 0.2) is 0 Å². The summed E-state index contributed by atoms with van der Waals surface area (Å²) >= 11 is 0. The summed E-state index contributed by atoms with van der Waals surface area (Å²) in [5.74, 6) is 2.58. The Morgan fingerprint density at radius 1 is 1.17 bits per heavy atom. The Hall–Kier alpha value is -0.0800. The van der Waals surface area contributed by atoms with Crippen molar-refractivity contribution in [2.24, 2.45) is 17.8 Å². The topological polar surface area (TPSA) is 21.3 Å². The van der Waals surface area contributed by atoms with Crippen LogP contribution in [0.1, 0.15) is 59.3 Å². The smallest absolute Gasteiger partial charge is 0.0833 e. The van der Waals surface area contributed by atoms with Gasteiger partial charge in [-0.15, -0.1) is 0 Å². The summed E-state index contributed by atoms with van der Waals surface area (Å²) in [5, 5.41) is 3.76. The summed E-state index contributed by atoms with van der Waals surface area (Å²) in [4.78, 5) is 0. The van der Waals surface area contributed by atoms with Gasteiger partial charge in [0.25, 0.3) is 0 Å². The van der Waals surface area contributed by atoms with Crippen LogP contribution in [0, 0.1) is 17.8 Å². The lowest BCUT2D eigenvalue weighted by atomic mass is 9.64. The first-order chi connectivity index (χ1) is 8.61. The van der Waals surface area contributed by atoms with E-state index in [4.69, 9.17) is 4.74 Å². The van der Waals surface area contributed by atoms with Gasteiger partial charge in [0, 0.05) is 13.2 Å². The van der Waals surface area contributed by atoms with Gasteiger partial charge in [0.1, 0.15) is 0 Å². The van der Waals surface area contributed by atoms with E-state index in [0.29, 0.717) is 6.04 Å². The fourth-order valence-corrected chi connectivity index (χ4v) is 4.45. The van der Waals surface area contributed by atoms with Crippen LogP contribution in [0.4, 0.5) is 0 Å². The molecule has 2 saturated carbocycles. The Balaban J connectivity index is 2.08. The number of methoxy groups -OCH3 is 1. The van der Waals surface area contributed by atoms with E-state index in [1.807, 2.05) is 7.11 Å². The zero-order valence-electron chi connectivity index (χ0n) is 12.7. The van der Waals surface area contributed by atoms with Crippen molar-refractivity contribution in [1.29, 1.82) is 0 Å². The number of ether oxygens (including phenoxy) is 1. The lowest BCUT2D eigenvalue weighted by Gasteiger charge is -2.51. The molecule has 0 aromatic heterocycles. The van der Waals surface area contributed by atoms with E-state index in [9.17, 15) is 0 Å². The van der Waals surface area contributed by atoms with Crippen molar-refractivity contribution in [3.05, 3.63) is 0 Å². The Labute approximate surface area is 113 Å². The molecule has 2 fully saturated rings. The molecule has 2 aliphatic carbocycles. The maximum absolute atomic E-state index is 5.95. The highest BCUT2D eigenvalue weighted by atomic mass is 16.5. The van der Waals surface area contributed by atoms with Gasteiger partial charge < -0.3 is 10.1 Å². The van der Waals surface area contributed by atoms with Crippen LogP contribution in [0.25, 0.3) is 0 Å². The minimum Gasteiger partial charge on any atom is -0.377 e. The molecule has 0 spiro atoms. The van der Waals surface area contributed by atoms with E-state index in [1.165, 1.54) is 38.5 Å². The van der Waals surface area contributed by atoms with Gasteiger partial charge in [-0.3, -0.25) is 0 Å². The zero-order valence-corrected chi connectivity index (χ0v) is 12.7. The third-order valence-electron chi connectivity index (χ3n) is 5.28. The number of hydrogen-bond donors (Lipinski definition) is 1. The zero-order chi connectivity index (χ0) is 13.2. The lowest BCUT2D eigenvalue weighted by Crippen LogP contribution is -2.60.